The SMILES string of the molecule is CN(C)/C=C/C=[N+](C)C.N#CC(=C=[N-])C1=CC(=O)c2ccccc21. The second-order valence-electron chi connectivity index (χ2n) is 5.48. The minimum atomic E-state index is -0.149. The normalized spacial score (nSPS) is 11.5. The molecule has 0 fully saturated rings. The molecular formula is C19H20N4O. The van der Waals surface area contributed by atoms with Gasteiger partial charge in [-0.25, -0.2) is 10.4 Å². The molecule has 1 aliphatic carbocycles. The molecule has 0 N–H and O–H groups in total. The third kappa shape index (κ3) is 5.20. The molecule has 0 bridgehead atoms. The van der Waals surface area contributed by atoms with Crippen molar-refractivity contribution in [2.24, 2.45) is 0 Å². The molecule has 0 amide bonds. The number of benzene rings is 1. The van der Waals surface area contributed by atoms with Gasteiger partial charge in [0.25, 0.3) is 0 Å². The summed E-state index contributed by atoms with van der Waals surface area (Å²) in [6.07, 6.45) is 7.34. The predicted octanol–water partition coefficient (Wildman–Crippen LogP) is 2.36. The lowest BCUT2D eigenvalue weighted by atomic mass is 10.0. The van der Waals surface area contributed by atoms with Crippen molar-refractivity contribution in [2.75, 3.05) is 28.2 Å². The van der Waals surface area contributed by atoms with Gasteiger partial charge < -0.3 is 10.3 Å². The molecule has 5 heteroatoms. The summed E-state index contributed by atoms with van der Waals surface area (Å²) in [6, 6.07) is 8.75. The van der Waals surface area contributed by atoms with Crippen LogP contribution in [0.3, 0.4) is 0 Å². The number of nitrogens with zero attached hydrogens (tertiary/aromatic N) is 4. The Bertz CT molecular complexity index is 797. The third-order valence-electron chi connectivity index (χ3n) is 3.02. The van der Waals surface area contributed by atoms with Gasteiger partial charge in [0, 0.05) is 37.5 Å². The van der Waals surface area contributed by atoms with E-state index in [0.29, 0.717) is 16.7 Å². The number of ketones is 1. The van der Waals surface area contributed by atoms with E-state index >= 15 is 0 Å². The lowest BCUT2D eigenvalue weighted by Crippen LogP contribution is -2.02. The maximum absolute atomic E-state index is 11.5. The Morgan fingerprint density at radius 1 is 1.25 bits per heavy atom. The third-order valence-corrected chi connectivity index (χ3v) is 3.02. The molecule has 1 aromatic rings. The van der Waals surface area contributed by atoms with Crippen LogP contribution in [0, 0.1) is 11.3 Å². The van der Waals surface area contributed by atoms with Gasteiger partial charge in [0.2, 0.25) is 0 Å². The minimum Gasteiger partial charge on any atom is -0.762 e. The summed E-state index contributed by atoms with van der Waals surface area (Å²) in [5.74, 6) is 1.64. The van der Waals surface area contributed by atoms with Crippen molar-refractivity contribution in [2.45, 2.75) is 0 Å². The number of allylic oxidation sites excluding steroid dienone is 4. The van der Waals surface area contributed by atoms with E-state index in [1.165, 1.54) is 6.08 Å². The van der Waals surface area contributed by atoms with Crippen molar-refractivity contribution < 1.29 is 9.37 Å². The molecule has 24 heavy (non-hydrogen) atoms. The summed E-state index contributed by atoms with van der Waals surface area (Å²) in [5, 5.41) is 17.5. The lowest BCUT2D eigenvalue weighted by molar-refractivity contribution is -0.458. The van der Waals surface area contributed by atoms with E-state index < -0.39 is 0 Å². The summed E-state index contributed by atoms with van der Waals surface area (Å²) in [5.41, 5.74) is 1.63. The van der Waals surface area contributed by atoms with Crippen molar-refractivity contribution in [3.8, 4) is 6.07 Å². The van der Waals surface area contributed by atoms with E-state index in [2.05, 4.69) is 0 Å². The number of hydrogen-bond donors (Lipinski definition) is 0. The van der Waals surface area contributed by atoms with Gasteiger partial charge in [-0.15, -0.1) is 0 Å². The Labute approximate surface area is 142 Å². The molecule has 0 heterocycles. The zero-order valence-electron chi connectivity index (χ0n) is 14.3. The average molecular weight is 320 g/mol. The van der Waals surface area contributed by atoms with Gasteiger partial charge in [0.15, 0.2) is 12.0 Å². The fourth-order valence-electron chi connectivity index (χ4n) is 1.95. The van der Waals surface area contributed by atoms with Crippen molar-refractivity contribution in [1.82, 2.24) is 4.90 Å². The van der Waals surface area contributed by atoms with Gasteiger partial charge >= 0.3 is 0 Å². The first-order valence-corrected chi connectivity index (χ1v) is 7.28. The lowest BCUT2D eigenvalue weighted by Gasteiger charge is -2.01. The molecule has 0 saturated heterocycles. The van der Waals surface area contributed by atoms with Gasteiger partial charge in [-0.2, -0.15) is 5.26 Å². The fraction of sp³-hybridized carbons (Fsp3) is 0.211. The van der Waals surface area contributed by atoms with Gasteiger partial charge in [-0.1, -0.05) is 24.3 Å². The zero-order chi connectivity index (χ0) is 18.1. The number of fused-ring (bicyclic) bond motifs is 1. The molecule has 0 spiro atoms. The highest BCUT2D eigenvalue weighted by atomic mass is 16.1. The molecule has 2 rings (SSSR count). The summed E-state index contributed by atoms with van der Waals surface area (Å²) in [6.45, 7) is 0. The summed E-state index contributed by atoms with van der Waals surface area (Å²) in [7, 11) is 8.00. The second-order valence-corrected chi connectivity index (χ2v) is 5.48. The summed E-state index contributed by atoms with van der Waals surface area (Å²) < 4.78 is 2.00. The fourth-order valence-corrected chi connectivity index (χ4v) is 1.95. The van der Waals surface area contributed by atoms with E-state index in [0.717, 1.165) is 0 Å². The van der Waals surface area contributed by atoms with Gasteiger partial charge in [0.1, 0.15) is 20.2 Å². The molecular weight excluding hydrogens is 300 g/mol. The molecule has 0 saturated carbocycles. The van der Waals surface area contributed by atoms with Crippen LogP contribution in [0.2, 0.25) is 0 Å². The van der Waals surface area contributed by atoms with Crippen LogP contribution < -0.4 is 0 Å². The van der Waals surface area contributed by atoms with Crippen LogP contribution in [0.25, 0.3) is 11.0 Å². The maximum Gasteiger partial charge on any atom is 0.187 e. The molecule has 5 nitrogen and oxygen atoms in total. The first-order valence-electron chi connectivity index (χ1n) is 7.28. The van der Waals surface area contributed by atoms with E-state index in [1.54, 1.807) is 36.2 Å². The van der Waals surface area contributed by atoms with Crippen LogP contribution in [0.4, 0.5) is 0 Å². The molecule has 0 unspecified atom stereocenters. The number of carbonyl (C=O) groups is 1. The van der Waals surface area contributed by atoms with Crippen molar-refractivity contribution in [3.05, 3.63) is 64.7 Å². The second kappa shape index (κ2) is 9.04. The first-order chi connectivity index (χ1) is 11.4. The highest BCUT2D eigenvalue weighted by Gasteiger charge is 2.22. The Kier molecular flexibility index (Phi) is 7.09. The largest absolute Gasteiger partial charge is 0.762 e. The molecule has 0 aliphatic heterocycles. The number of rotatable bonds is 3. The highest BCUT2D eigenvalue weighted by molar-refractivity contribution is 6.20. The van der Waals surface area contributed by atoms with Crippen molar-refractivity contribution in [3.63, 3.8) is 0 Å². The zero-order valence-corrected chi connectivity index (χ0v) is 14.3. The number of nitriles is 1. The van der Waals surface area contributed by atoms with E-state index in [1.807, 2.05) is 56.2 Å². The smallest absolute Gasteiger partial charge is 0.187 e. The summed E-state index contributed by atoms with van der Waals surface area (Å²) in [4.78, 5) is 13.5. The van der Waals surface area contributed by atoms with Crippen LogP contribution >= 0.6 is 0 Å². The molecule has 122 valence electrons. The van der Waals surface area contributed by atoms with Gasteiger partial charge in [-0.05, 0) is 11.6 Å². The Morgan fingerprint density at radius 2 is 1.88 bits per heavy atom. The standard InChI is InChI=1S/C12H5N2O.C7H15N2/c13-6-8(7-14)11-5-12(15)10-4-2-1-3-9(10)11;1-8(2)6-5-7-9(3)4/h1-5H;5-7H,1-4H3/q-1;+1. The monoisotopic (exact) mass is 320 g/mol. The van der Waals surface area contributed by atoms with Crippen LogP contribution in [0.1, 0.15) is 15.9 Å². The Hall–Kier alpha value is -3.22. The van der Waals surface area contributed by atoms with Crippen molar-refractivity contribution in [1.29, 1.82) is 5.26 Å². The van der Waals surface area contributed by atoms with Crippen molar-refractivity contribution >= 4 is 23.4 Å². The van der Waals surface area contributed by atoms with Gasteiger partial charge in [-0.3, -0.25) is 4.79 Å². The van der Waals surface area contributed by atoms with E-state index in [9.17, 15) is 4.79 Å². The number of carbonyl (C=O) groups excluding carboxylic acids is 1. The molecule has 0 aromatic heterocycles. The van der Waals surface area contributed by atoms with Gasteiger partial charge in [0.05, 0.1) is 5.57 Å². The van der Waals surface area contributed by atoms with Crippen LogP contribution in [0.5, 0.6) is 0 Å². The van der Waals surface area contributed by atoms with E-state index in [4.69, 9.17) is 10.7 Å². The maximum atomic E-state index is 11.5. The molecule has 1 aromatic carbocycles. The first kappa shape index (κ1) is 18.8. The summed E-state index contributed by atoms with van der Waals surface area (Å²) >= 11 is 0. The predicted molar refractivity (Wildman–Crippen MR) is 97.2 cm³/mol. The van der Waals surface area contributed by atoms with E-state index in [-0.39, 0.29) is 11.4 Å². The highest BCUT2D eigenvalue weighted by Crippen LogP contribution is 2.30. The quantitative estimate of drug-likeness (QED) is 0.488. The van der Waals surface area contributed by atoms with Crippen LogP contribution in [0.15, 0.2) is 48.2 Å². The Morgan fingerprint density at radius 3 is 2.38 bits per heavy atom. The molecule has 0 atom stereocenters. The van der Waals surface area contributed by atoms with Crippen LogP contribution in [-0.4, -0.2) is 55.5 Å². The number of hydrogen-bond acceptors (Lipinski definition) is 3. The van der Waals surface area contributed by atoms with Crippen LogP contribution in [-0.2, 0) is 0 Å². The topological polar surface area (TPSA) is 69.4 Å². The Balaban J connectivity index is 0.000000277. The minimum absolute atomic E-state index is 0.0201. The molecule has 0 radical (unpaired) electrons. The average Bonchev–Trinajstić information content (AvgIpc) is 2.86. The molecule has 1 aliphatic rings.